The van der Waals surface area contributed by atoms with E-state index in [-0.39, 0.29) is 11.3 Å². The number of carbonyl (C=O) groups excluding carboxylic acids is 1. The molecule has 0 saturated carbocycles. The Kier molecular flexibility index (Phi) is 4.35. The number of aromatic nitrogens is 4. The van der Waals surface area contributed by atoms with Crippen molar-refractivity contribution in [2.75, 3.05) is 44.3 Å². The topological polar surface area (TPSA) is 87.2 Å². The van der Waals surface area contributed by atoms with E-state index in [9.17, 15) is 4.79 Å². The molecular formula is C17H22N6O2. The molecule has 0 aliphatic carbocycles. The molecule has 4 rings (SSSR count). The predicted octanol–water partition coefficient (Wildman–Crippen LogP) is 0.959. The van der Waals surface area contributed by atoms with Crippen molar-refractivity contribution in [3.05, 3.63) is 36.5 Å². The molecule has 0 aromatic carbocycles. The number of H-pyrrole nitrogens is 1. The average molecular weight is 342 g/mol. The van der Waals surface area contributed by atoms with Gasteiger partial charge in [-0.15, -0.1) is 0 Å². The Morgan fingerprint density at radius 1 is 1.24 bits per heavy atom. The van der Waals surface area contributed by atoms with Gasteiger partial charge in [0.1, 0.15) is 11.5 Å². The summed E-state index contributed by atoms with van der Waals surface area (Å²) in [6.07, 6.45) is 8.79. The normalized spacial score (nSPS) is 24.3. The Morgan fingerprint density at radius 2 is 2.20 bits per heavy atom. The Bertz CT molecular complexity index is 707. The summed E-state index contributed by atoms with van der Waals surface area (Å²) in [4.78, 5) is 25.5. The minimum absolute atomic E-state index is 0.00637. The number of carbonyl (C=O) groups is 1. The molecule has 8 heteroatoms. The number of nitrogens with one attached hydrogen (secondary N) is 1. The molecule has 2 aromatic rings. The van der Waals surface area contributed by atoms with Crippen molar-refractivity contribution >= 4 is 11.7 Å². The Labute approximate surface area is 146 Å². The first kappa shape index (κ1) is 16.0. The highest BCUT2D eigenvalue weighted by Crippen LogP contribution is 2.34. The van der Waals surface area contributed by atoms with E-state index in [1.807, 2.05) is 4.90 Å². The number of ether oxygens (including phenoxy) is 1. The lowest BCUT2D eigenvalue weighted by Gasteiger charge is -2.43. The molecule has 2 aromatic heterocycles. The van der Waals surface area contributed by atoms with E-state index in [2.05, 4.69) is 25.1 Å². The Morgan fingerprint density at radius 3 is 3.00 bits per heavy atom. The Hall–Kier alpha value is -2.48. The molecule has 2 saturated heterocycles. The van der Waals surface area contributed by atoms with Crippen molar-refractivity contribution in [3.8, 4) is 0 Å². The first-order chi connectivity index (χ1) is 12.3. The summed E-state index contributed by atoms with van der Waals surface area (Å²) in [5, 5.41) is 6.66. The molecule has 0 bridgehead atoms. The molecule has 0 radical (unpaired) electrons. The molecule has 8 nitrogen and oxygen atoms in total. The van der Waals surface area contributed by atoms with Crippen LogP contribution in [0.1, 0.15) is 23.3 Å². The number of nitrogens with zero attached hydrogens (tertiary/aromatic N) is 5. The van der Waals surface area contributed by atoms with Gasteiger partial charge in [-0.2, -0.15) is 5.10 Å². The fraction of sp³-hybridized carbons (Fsp3) is 0.529. The average Bonchev–Trinajstić information content (AvgIpc) is 3.12. The largest absolute Gasteiger partial charge is 0.379 e. The van der Waals surface area contributed by atoms with Gasteiger partial charge in [0.05, 0.1) is 19.4 Å². The van der Waals surface area contributed by atoms with Crippen molar-refractivity contribution in [1.82, 2.24) is 25.1 Å². The second kappa shape index (κ2) is 6.79. The van der Waals surface area contributed by atoms with Gasteiger partial charge in [0.2, 0.25) is 0 Å². The number of amides is 1. The van der Waals surface area contributed by atoms with Crippen LogP contribution in [0.5, 0.6) is 0 Å². The van der Waals surface area contributed by atoms with Crippen LogP contribution in [0.25, 0.3) is 0 Å². The molecule has 1 N–H and O–H groups in total. The zero-order valence-corrected chi connectivity index (χ0v) is 14.1. The molecule has 2 aliphatic heterocycles. The lowest BCUT2D eigenvalue weighted by molar-refractivity contribution is 0.0133. The maximum Gasteiger partial charge on any atom is 0.271 e. The second-order valence-corrected chi connectivity index (χ2v) is 6.84. The zero-order chi connectivity index (χ0) is 17.1. The Balaban J connectivity index is 1.53. The van der Waals surface area contributed by atoms with Crippen LogP contribution < -0.4 is 4.90 Å². The molecule has 2 aliphatic rings. The molecule has 4 heterocycles. The van der Waals surface area contributed by atoms with Crippen LogP contribution in [-0.4, -0.2) is 70.4 Å². The fourth-order valence-electron chi connectivity index (χ4n) is 3.82. The van der Waals surface area contributed by atoms with Gasteiger partial charge in [-0.05, 0) is 18.9 Å². The number of piperidine rings is 1. The molecule has 2 fully saturated rings. The molecule has 1 atom stereocenters. The lowest BCUT2D eigenvalue weighted by atomic mass is 9.80. The van der Waals surface area contributed by atoms with E-state index >= 15 is 0 Å². The molecule has 1 amide bonds. The monoisotopic (exact) mass is 342 g/mol. The van der Waals surface area contributed by atoms with Crippen molar-refractivity contribution in [2.45, 2.75) is 12.8 Å². The van der Waals surface area contributed by atoms with Gasteiger partial charge >= 0.3 is 0 Å². The minimum Gasteiger partial charge on any atom is -0.379 e. The summed E-state index contributed by atoms with van der Waals surface area (Å²) >= 11 is 0. The van der Waals surface area contributed by atoms with Crippen LogP contribution in [0.2, 0.25) is 0 Å². The highest BCUT2D eigenvalue weighted by atomic mass is 16.5. The zero-order valence-electron chi connectivity index (χ0n) is 14.1. The van der Waals surface area contributed by atoms with Gasteiger partial charge in [-0.25, -0.2) is 4.98 Å². The summed E-state index contributed by atoms with van der Waals surface area (Å²) in [7, 11) is 0. The van der Waals surface area contributed by atoms with Crippen molar-refractivity contribution in [2.24, 2.45) is 5.41 Å². The maximum absolute atomic E-state index is 12.7. The van der Waals surface area contributed by atoms with Crippen LogP contribution in [0.4, 0.5) is 5.82 Å². The van der Waals surface area contributed by atoms with Crippen LogP contribution in [0, 0.1) is 5.41 Å². The predicted molar refractivity (Wildman–Crippen MR) is 91.2 cm³/mol. The van der Waals surface area contributed by atoms with E-state index in [0.29, 0.717) is 25.5 Å². The number of likely N-dealkylation sites (tertiary alicyclic amines) is 1. The first-order valence-electron chi connectivity index (χ1n) is 8.63. The quantitative estimate of drug-likeness (QED) is 0.875. The van der Waals surface area contributed by atoms with E-state index in [1.54, 1.807) is 30.9 Å². The highest BCUT2D eigenvalue weighted by Gasteiger charge is 2.41. The second-order valence-electron chi connectivity index (χ2n) is 6.84. The molecule has 25 heavy (non-hydrogen) atoms. The van der Waals surface area contributed by atoms with Crippen molar-refractivity contribution in [1.29, 1.82) is 0 Å². The summed E-state index contributed by atoms with van der Waals surface area (Å²) in [5.41, 5.74) is 0.458. The van der Waals surface area contributed by atoms with Crippen LogP contribution in [0.3, 0.4) is 0 Å². The third kappa shape index (κ3) is 3.34. The fourth-order valence-corrected chi connectivity index (χ4v) is 3.82. The highest BCUT2D eigenvalue weighted by molar-refractivity contribution is 5.92. The summed E-state index contributed by atoms with van der Waals surface area (Å²) in [5.74, 6) is 0.872. The molecule has 1 spiro atoms. The molecule has 132 valence electrons. The lowest BCUT2D eigenvalue weighted by Crippen LogP contribution is -2.52. The summed E-state index contributed by atoms with van der Waals surface area (Å²) in [6, 6.07) is 1.72. The van der Waals surface area contributed by atoms with E-state index in [4.69, 9.17) is 4.74 Å². The van der Waals surface area contributed by atoms with Gasteiger partial charge in [0.15, 0.2) is 0 Å². The van der Waals surface area contributed by atoms with Gasteiger partial charge < -0.3 is 14.5 Å². The minimum atomic E-state index is -0.0814. The number of aromatic amines is 1. The van der Waals surface area contributed by atoms with Gasteiger partial charge in [0, 0.05) is 50.2 Å². The summed E-state index contributed by atoms with van der Waals surface area (Å²) < 4.78 is 5.91. The molecular weight excluding hydrogens is 320 g/mol. The standard InChI is InChI=1S/C17H22N6O2/c24-16(14-2-4-20-21-14)23-7-1-3-17(12-23)11-22(8-9-25-13-17)15-10-18-5-6-19-15/h2,4-6,10H,1,3,7-9,11-13H2,(H,20,21)/t17-/m0/s1. The van der Waals surface area contributed by atoms with E-state index in [1.165, 1.54) is 0 Å². The third-order valence-electron chi connectivity index (χ3n) is 4.99. The van der Waals surface area contributed by atoms with Crippen LogP contribution >= 0.6 is 0 Å². The van der Waals surface area contributed by atoms with E-state index in [0.717, 1.165) is 38.3 Å². The SMILES string of the molecule is O=C(c1ccn[nH]1)N1CCC[C@@]2(COCCN(c3cnccn3)C2)C1. The number of rotatable bonds is 2. The summed E-state index contributed by atoms with van der Waals surface area (Å²) in [6.45, 7) is 4.38. The number of hydrogen-bond donors (Lipinski definition) is 1. The number of hydrogen-bond acceptors (Lipinski definition) is 6. The van der Waals surface area contributed by atoms with Gasteiger partial charge in [-0.1, -0.05) is 0 Å². The maximum atomic E-state index is 12.7. The van der Waals surface area contributed by atoms with Crippen LogP contribution in [-0.2, 0) is 4.74 Å². The van der Waals surface area contributed by atoms with Gasteiger partial charge in [-0.3, -0.25) is 14.9 Å². The van der Waals surface area contributed by atoms with Gasteiger partial charge in [0.25, 0.3) is 5.91 Å². The first-order valence-corrected chi connectivity index (χ1v) is 8.63. The number of anilines is 1. The molecule has 0 unspecified atom stereocenters. The van der Waals surface area contributed by atoms with Crippen LogP contribution in [0.15, 0.2) is 30.9 Å². The third-order valence-corrected chi connectivity index (χ3v) is 4.99. The van der Waals surface area contributed by atoms with Crippen molar-refractivity contribution in [3.63, 3.8) is 0 Å². The smallest absolute Gasteiger partial charge is 0.271 e. The van der Waals surface area contributed by atoms with E-state index < -0.39 is 0 Å². The van der Waals surface area contributed by atoms with Crippen molar-refractivity contribution < 1.29 is 9.53 Å².